The largest absolute Gasteiger partial charge is 0.497 e. The lowest BCUT2D eigenvalue weighted by atomic mass is 10.2. The second-order valence-corrected chi connectivity index (χ2v) is 4.10. The average Bonchev–Trinajstić information content (AvgIpc) is 2.77. The molecule has 0 bridgehead atoms. The zero-order valence-electron chi connectivity index (χ0n) is 10.9. The molecule has 100 valence electrons. The van der Waals surface area contributed by atoms with Gasteiger partial charge in [-0.3, -0.25) is 4.79 Å². The number of rotatable bonds is 4. The molecule has 0 fully saturated rings. The molecule has 0 saturated heterocycles. The maximum atomic E-state index is 11.9. The van der Waals surface area contributed by atoms with E-state index in [1.165, 1.54) is 0 Å². The van der Waals surface area contributed by atoms with E-state index in [0.717, 1.165) is 5.82 Å². The summed E-state index contributed by atoms with van der Waals surface area (Å²) in [5, 5.41) is 2.76. The second-order valence-electron chi connectivity index (χ2n) is 4.10. The molecule has 0 atom stereocenters. The van der Waals surface area contributed by atoms with Crippen molar-refractivity contribution in [2.75, 3.05) is 18.2 Å². The fraction of sp³-hybridized carbons (Fsp3) is 0.231. The lowest BCUT2D eigenvalue weighted by molar-refractivity contribution is -0.116. The molecular formula is C13H16N4O2. The van der Waals surface area contributed by atoms with Crippen LogP contribution in [0.2, 0.25) is 0 Å². The zero-order valence-corrected chi connectivity index (χ0v) is 10.9. The number of methoxy groups -OCH3 is 1. The Kier molecular flexibility index (Phi) is 3.70. The number of nitrogens with two attached hydrogens (primary N) is 1. The molecule has 2 rings (SSSR count). The summed E-state index contributed by atoms with van der Waals surface area (Å²) in [5.41, 5.74) is 6.88. The first-order valence-corrected chi connectivity index (χ1v) is 5.81. The van der Waals surface area contributed by atoms with Gasteiger partial charge in [0.2, 0.25) is 5.91 Å². The van der Waals surface area contributed by atoms with Gasteiger partial charge in [-0.05, 0) is 19.1 Å². The first-order valence-electron chi connectivity index (χ1n) is 5.81. The first kappa shape index (κ1) is 12.9. The van der Waals surface area contributed by atoms with Crippen LogP contribution >= 0.6 is 0 Å². The number of anilines is 2. The highest BCUT2D eigenvalue weighted by Crippen LogP contribution is 2.23. The smallest absolute Gasteiger partial charge is 0.244 e. The number of carbonyl (C=O) groups excluding carboxylic acids is 1. The Hall–Kier alpha value is -2.50. The Labute approximate surface area is 111 Å². The van der Waals surface area contributed by atoms with Crippen LogP contribution in [0.5, 0.6) is 5.75 Å². The number of benzene rings is 1. The van der Waals surface area contributed by atoms with Crippen molar-refractivity contribution in [1.82, 2.24) is 9.55 Å². The fourth-order valence-corrected chi connectivity index (χ4v) is 1.70. The number of hydrogen-bond donors (Lipinski definition) is 2. The molecule has 0 unspecified atom stereocenters. The summed E-state index contributed by atoms with van der Waals surface area (Å²) in [4.78, 5) is 16.0. The van der Waals surface area contributed by atoms with Gasteiger partial charge in [0, 0.05) is 18.5 Å². The Balaban J connectivity index is 2.05. The molecule has 1 aromatic heterocycles. The third kappa shape index (κ3) is 3.04. The van der Waals surface area contributed by atoms with Gasteiger partial charge in [-0.25, -0.2) is 4.98 Å². The third-order valence-electron chi connectivity index (χ3n) is 2.77. The van der Waals surface area contributed by atoms with Crippen LogP contribution in [0.4, 0.5) is 11.4 Å². The number of nitrogens with one attached hydrogen (secondary N) is 1. The second kappa shape index (κ2) is 5.43. The van der Waals surface area contributed by atoms with Crippen LogP contribution < -0.4 is 15.8 Å². The summed E-state index contributed by atoms with van der Waals surface area (Å²) in [7, 11) is 1.56. The number of imidazole rings is 1. The van der Waals surface area contributed by atoms with E-state index in [1.54, 1.807) is 42.3 Å². The van der Waals surface area contributed by atoms with Gasteiger partial charge in [0.05, 0.1) is 18.5 Å². The monoisotopic (exact) mass is 260 g/mol. The number of carbonyl (C=O) groups is 1. The standard InChI is InChI=1S/C13H16N4O2/c1-9-15-5-6-17(9)8-13(18)16-12-4-3-10(19-2)7-11(12)14/h3-7H,8,14H2,1-2H3,(H,16,18). The molecule has 2 aromatic rings. The Morgan fingerprint density at radius 1 is 1.53 bits per heavy atom. The quantitative estimate of drug-likeness (QED) is 0.814. The lowest BCUT2D eigenvalue weighted by Gasteiger charge is -2.10. The Bertz CT molecular complexity index is 592. The average molecular weight is 260 g/mol. The third-order valence-corrected chi connectivity index (χ3v) is 2.77. The highest BCUT2D eigenvalue weighted by molar-refractivity contribution is 5.93. The molecule has 6 heteroatoms. The van der Waals surface area contributed by atoms with E-state index in [9.17, 15) is 4.79 Å². The predicted molar refractivity (Wildman–Crippen MR) is 73.0 cm³/mol. The van der Waals surface area contributed by atoms with Crippen molar-refractivity contribution in [3.63, 3.8) is 0 Å². The molecule has 0 aliphatic carbocycles. The van der Waals surface area contributed by atoms with E-state index in [-0.39, 0.29) is 12.5 Å². The van der Waals surface area contributed by atoms with Crippen LogP contribution in [0.25, 0.3) is 0 Å². The molecular weight excluding hydrogens is 244 g/mol. The lowest BCUT2D eigenvalue weighted by Crippen LogP contribution is -2.19. The van der Waals surface area contributed by atoms with Gasteiger partial charge in [0.1, 0.15) is 18.1 Å². The van der Waals surface area contributed by atoms with Gasteiger partial charge < -0.3 is 20.4 Å². The fourth-order valence-electron chi connectivity index (χ4n) is 1.70. The molecule has 1 aromatic carbocycles. The molecule has 0 saturated carbocycles. The van der Waals surface area contributed by atoms with Gasteiger partial charge >= 0.3 is 0 Å². The molecule has 1 amide bonds. The summed E-state index contributed by atoms with van der Waals surface area (Å²) >= 11 is 0. The van der Waals surface area contributed by atoms with Crippen molar-refractivity contribution < 1.29 is 9.53 Å². The maximum absolute atomic E-state index is 11.9. The van der Waals surface area contributed by atoms with Crippen molar-refractivity contribution in [3.8, 4) is 5.75 Å². The van der Waals surface area contributed by atoms with E-state index < -0.39 is 0 Å². The molecule has 1 heterocycles. The summed E-state index contributed by atoms with van der Waals surface area (Å²) in [6.07, 6.45) is 3.41. The molecule has 0 spiro atoms. The van der Waals surface area contributed by atoms with Gasteiger partial charge in [0.25, 0.3) is 0 Å². The molecule has 0 aliphatic heterocycles. The number of aryl methyl sites for hydroxylation is 1. The Morgan fingerprint density at radius 2 is 2.32 bits per heavy atom. The van der Waals surface area contributed by atoms with Crippen LogP contribution in [-0.4, -0.2) is 22.6 Å². The van der Waals surface area contributed by atoms with Gasteiger partial charge in [-0.15, -0.1) is 0 Å². The Morgan fingerprint density at radius 3 is 2.89 bits per heavy atom. The van der Waals surface area contributed by atoms with Crippen LogP contribution in [0, 0.1) is 6.92 Å². The van der Waals surface area contributed by atoms with Crippen molar-refractivity contribution in [3.05, 3.63) is 36.4 Å². The van der Waals surface area contributed by atoms with Crippen molar-refractivity contribution >= 4 is 17.3 Å². The molecule has 0 aliphatic rings. The summed E-state index contributed by atoms with van der Waals surface area (Å²) in [6, 6.07) is 5.12. The number of hydrogen-bond acceptors (Lipinski definition) is 4. The van der Waals surface area contributed by atoms with Gasteiger partial charge in [0.15, 0.2) is 0 Å². The van der Waals surface area contributed by atoms with Crippen molar-refractivity contribution in [2.45, 2.75) is 13.5 Å². The van der Waals surface area contributed by atoms with E-state index in [1.807, 2.05) is 6.92 Å². The highest BCUT2D eigenvalue weighted by atomic mass is 16.5. The number of aromatic nitrogens is 2. The minimum atomic E-state index is -0.155. The van der Waals surface area contributed by atoms with Gasteiger partial charge in [-0.2, -0.15) is 0 Å². The number of amides is 1. The number of nitrogens with zero attached hydrogens (tertiary/aromatic N) is 2. The summed E-state index contributed by atoms with van der Waals surface area (Å²) in [5.74, 6) is 1.29. The molecule has 3 N–H and O–H groups in total. The van der Waals surface area contributed by atoms with Crippen LogP contribution in [-0.2, 0) is 11.3 Å². The van der Waals surface area contributed by atoms with Crippen molar-refractivity contribution in [2.24, 2.45) is 0 Å². The normalized spacial score (nSPS) is 10.2. The highest BCUT2D eigenvalue weighted by Gasteiger charge is 2.08. The number of ether oxygens (including phenoxy) is 1. The van der Waals surface area contributed by atoms with Crippen LogP contribution in [0.15, 0.2) is 30.6 Å². The van der Waals surface area contributed by atoms with E-state index in [4.69, 9.17) is 10.5 Å². The first-order chi connectivity index (χ1) is 9.10. The summed E-state index contributed by atoms with van der Waals surface area (Å²) < 4.78 is 6.81. The van der Waals surface area contributed by atoms with E-state index in [0.29, 0.717) is 17.1 Å². The van der Waals surface area contributed by atoms with Crippen LogP contribution in [0.3, 0.4) is 0 Å². The maximum Gasteiger partial charge on any atom is 0.244 e. The van der Waals surface area contributed by atoms with E-state index >= 15 is 0 Å². The summed E-state index contributed by atoms with van der Waals surface area (Å²) in [6.45, 7) is 2.05. The molecule has 6 nitrogen and oxygen atoms in total. The predicted octanol–water partition coefficient (Wildman–Crippen LogP) is 1.42. The number of nitrogen functional groups attached to an aromatic ring is 1. The molecule has 19 heavy (non-hydrogen) atoms. The van der Waals surface area contributed by atoms with E-state index in [2.05, 4.69) is 10.3 Å². The topological polar surface area (TPSA) is 82.2 Å². The van der Waals surface area contributed by atoms with Crippen molar-refractivity contribution in [1.29, 1.82) is 0 Å². The minimum absolute atomic E-state index is 0.155. The SMILES string of the molecule is COc1ccc(NC(=O)Cn2ccnc2C)c(N)c1. The zero-order chi connectivity index (χ0) is 13.8. The molecule has 0 radical (unpaired) electrons. The minimum Gasteiger partial charge on any atom is -0.497 e. The van der Waals surface area contributed by atoms with Gasteiger partial charge in [-0.1, -0.05) is 0 Å². The van der Waals surface area contributed by atoms with Crippen LogP contribution in [0.1, 0.15) is 5.82 Å².